The molecule has 1 saturated carbocycles. The monoisotopic (exact) mass is 235 g/mol. The van der Waals surface area contributed by atoms with Crippen LogP contribution in [0.1, 0.15) is 30.7 Å². The lowest BCUT2D eigenvalue weighted by Gasteiger charge is -2.32. The Kier molecular flexibility index (Phi) is 2.91. The summed E-state index contributed by atoms with van der Waals surface area (Å²) in [6.45, 7) is 2.32. The number of piperidine rings is 1. The van der Waals surface area contributed by atoms with Gasteiger partial charge in [-0.25, -0.2) is 0 Å². The third-order valence-corrected chi connectivity index (χ3v) is 4.27. The molecule has 2 aliphatic rings. The van der Waals surface area contributed by atoms with Gasteiger partial charge < -0.3 is 5.32 Å². The topological polar surface area (TPSA) is 12.0 Å². The summed E-state index contributed by atoms with van der Waals surface area (Å²) in [5.41, 5.74) is 1.43. The van der Waals surface area contributed by atoms with Gasteiger partial charge in [0.15, 0.2) is 0 Å². The van der Waals surface area contributed by atoms with Crippen LogP contribution in [-0.4, -0.2) is 13.1 Å². The predicted molar refractivity (Wildman–Crippen MR) is 67.9 cm³/mol. The minimum absolute atomic E-state index is 0.681. The van der Waals surface area contributed by atoms with E-state index in [-0.39, 0.29) is 0 Å². The van der Waals surface area contributed by atoms with Gasteiger partial charge in [-0.05, 0) is 61.3 Å². The van der Waals surface area contributed by atoms with Crippen LogP contribution in [0.3, 0.4) is 0 Å². The van der Waals surface area contributed by atoms with Gasteiger partial charge in [-0.15, -0.1) is 0 Å². The summed E-state index contributed by atoms with van der Waals surface area (Å²) < 4.78 is 0. The van der Waals surface area contributed by atoms with E-state index in [1.807, 2.05) is 6.07 Å². The number of rotatable bonds is 2. The van der Waals surface area contributed by atoms with E-state index >= 15 is 0 Å². The molecule has 0 aromatic heterocycles. The fourth-order valence-corrected chi connectivity index (χ4v) is 3.27. The molecular weight excluding hydrogens is 218 g/mol. The third kappa shape index (κ3) is 2.11. The van der Waals surface area contributed by atoms with Crippen molar-refractivity contribution in [2.75, 3.05) is 13.1 Å². The van der Waals surface area contributed by atoms with Crippen molar-refractivity contribution in [3.8, 4) is 0 Å². The van der Waals surface area contributed by atoms with E-state index in [1.165, 1.54) is 31.4 Å². The minimum Gasteiger partial charge on any atom is -0.316 e. The van der Waals surface area contributed by atoms with E-state index in [0.29, 0.717) is 5.92 Å². The first-order valence-corrected chi connectivity index (χ1v) is 6.68. The van der Waals surface area contributed by atoms with Crippen molar-refractivity contribution >= 4 is 11.6 Å². The van der Waals surface area contributed by atoms with Gasteiger partial charge in [0.05, 0.1) is 0 Å². The summed E-state index contributed by atoms with van der Waals surface area (Å²) in [4.78, 5) is 0. The maximum Gasteiger partial charge on any atom is 0.0408 e. The average molecular weight is 236 g/mol. The number of halogens is 1. The first kappa shape index (κ1) is 10.6. The van der Waals surface area contributed by atoms with Gasteiger partial charge in [0, 0.05) is 11.6 Å². The van der Waals surface area contributed by atoms with Gasteiger partial charge >= 0.3 is 0 Å². The molecule has 0 amide bonds. The average Bonchev–Trinajstić information content (AvgIpc) is 3.13. The fourth-order valence-electron chi connectivity index (χ4n) is 3.07. The molecule has 16 heavy (non-hydrogen) atoms. The van der Waals surface area contributed by atoms with Gasteiger partial charge in [-0.2, -0.15) is 0 Å². The molecule has 2 fully saturated rings. The Morgan fingerprint density at radius 1 is 1.19 bits per heavy atom. The van der Waals surface area contributed by atoms with Crippen molar-refractivity contribution in [1.82, 2.24) is 5.32 Å². The Balaban J connectivity index is 1.85. The van der Waals surface area contributed by atoms with E-state index in [0.717, 1.165) is 23.4 Å². The summed E-state index contributed by atoms with van der Waals surface area (Å²) >= 11 is 6.09. The normalized spacial score (nSPS) is 30.3. The first-order chi connectivity index (χ1) is 7.84. The van der Waals surface area contributed by atoms with Crippen molar-refractivity contribution in [1.29, 1.82) is 0 Å². The van der Waals surface area contributed by atoms with Crippen molar-refractivity contribution in [3.63, 3.8) is 0 Å². The minimum atomic E-state index is 0.681. The maximum absolute atomic E-state index is 6.09. The smallest absolute Gasteiger partial charge is 0.0408 e. The number of nitrogens with one attached hydrogen (secondary N) is 1. The van der Waals surface area contributed by atoms with E-state index in [2.05, 4.69) is 23.5 Å². The summed E-state index contributed by atoms with van der Waals surface area (Å²) in [6.07, 6.45) is 4.23. The van der Waals surface area contributed by atoms with Gasteiger partial charge in [-0.3, -0.25) is 0 Å². The van der Waals surface area contributed by atoms with Gasteiger partial charge in [0.25, 0.3) is 0 Å². The Morgan fingerprint density at radius 3 is 2.81 bits per heavy atom. The van der Waals surface area contributed by atoms with Crippen LogP contribution in [0.5, 0.6) is 0 Å². The molecule has 3 rings (SSSR count). The van der Waals surface area contributed by atoms with Crippen molar-refractivity contribution in [2.45, 2.75) is 25.2 Å². The van der Waals surface area contributed by atoms with E-state index in [1.54, 1.807) is 0 Å². The fraction of sp³-hybridized carbons (Fsp3) is 0.571. The van der Waals surface area contributed by atoms with Crippen LogP contribution < -0.4 is 5.32 Å². The quantitative estimate of drug-likeness (QED) is 0.828. The van der Waals surface area contributed by atoms with E-state index in [9.17, 15) is 0 Å². The zero-order valence-corrected chi connectivity index (χ0v) is 10.2. The van der Waals surface area contributed by atoms with Crippen LogP contribution in [0.25, 0.3) is 0 Å². The molecule has 2 heteroatoms. The van der Waals surface area contributed by atoms with Crippen molar-refractivity contribution < 1.29 is 0 Å². The molecule has 2 atom stereocenters. The zero-order valence-electron chi connectivity index (χ0n) is 9.45. The SMILES string of the molecule is Clc1cccc(C2CNCCC2C2CC2)c1. The molecule has 1 saturated heterocycles. The largest absolute Gasteiger partial charge is 0.316 e. The molecule has 1 aliphatic carbocycles. The second-order valence-corrected chi connectivity index (χ2v) is 5.59. The second kappa shape index (κ2) is 4.38. The van der Waals surface area contributed by atoms with Gasteiger partial charge in [0.1, 0.15) is 0 Å². The Bertz CT molecular complexity index is 373. The molecule has 86 valence electrons. The predicted octanol–water partition coefficient (Wildman–Crippen LogP) is 3.44. The van der Waals surface area contributed by atoms with Crippen LogP contribution in [0.2, 0.25) is 5.02 Å². The maximum atomic E-state index is 6.09. The molecule has 1 heterocycles. The highest BCUT2D eigenvalue weighted by atomic mass is 35.5. The van der Waals surface area contributed by atoms with Gasteiger partial charge in [-0.1, -0.05) is 23.7 Å². The highest BCUT2D eigenvalue weighted by molar-refractivity contribution is 6.30. The standard InChI is InChI=1S/C14H18ClN/c15-12-3-1-2-11(8-12)14-9-16-7-6-13(14)10-4-5-10/h1-3,8,10,13-14,16H,4-7,9H2. The van der Waals surface area contributed by atoms with Crippen molar-refractivity contribution in [2.24, 2.45) is 11.8 Å². The highest BCUT2D eigenvalue weighted by Crippen LogP contribution is 2.46. The summed E-state index contributed by atoms with van der Waals surface area (Å²) in [6, 6.07) is 8.43. The van der Waals surface area contributed by atoms with Crippen LogP contribution in [-0.2, 0) is 0 Å². The number of benzene rings is 1. The van der Waals surface area contributed by atoms with Crippen LogP contribution in [0, 0.1) is 11.8 Å². The lowest BCUT2D eigenvalue weighted by atomic mass is 9.78. The third-order valence-electron chi connectivity index (χ3n) is 4.04. The molecule has 1 aliphatic heterocycles. The molecule has 0 radical (unpaired) electrons. The Morgan fingerprint density at radius 2 is 2.06 bits per heavy atom. The van der Waals surface area contributed by atoms with Crippen LogP contribution in [0.15, 0.2) is 24.3 Å². The lowest BCUT2D eigenvalue weighted by Crippen LogP contribution is -2.36. The first-order valence-electron chi connectivity index (χ1n) is 6.31. The molecule has 0 bridgehead atoms. The molecule has 1 aromatic carbocycles. The summed E-state index contributed by atoms with van der Waals surface area (Å²) in [7, 11) is 0. The number of hydrogen-bond donors (Lipinski definition) is 1. The molecule has 2 unspecified atom stereocenters. The number of hydrogen-bond acceptors (Lipinski definition) is 1. The Hall–Kier alpha value is -0.530. The lowest BCUT2D eigenvalue weighted by molar-refractivity contribution is 0.291. The van der Waals surface area contributed by atoms with Gasteiger partial charge in [0.2, 0.25) is 0 Å². The summed E-state index contributed by atoms with van der Waals surface area (Å²) in [5, 5.41) is 4.40. The highest BCUT2D eigenvalue weighted by Gasteiger charge is 2.38. The molecule has 0 spiro atoms. The van der Waals surface area contributed by atoms with Crippen LogP contribution >= 0.6 is 11.6 Å². The second-order valence-electron chi connectivity index (χ2n) is 5.16. The summed E-state index contributed by atoms with van der Waals surface area (Å²) in [5.74, 6) is 2.56. The van der Waals surface area contributed by atoms with E-state index < -0.39 is 0 Å². The molecule has 1 aromatic rings. The van der Waals surface area contributed by atoms with Crippen LogP contribution in [0.4, 0.5) is 0 Å². The molecule has 1 N–H and O–H groups in total. The molecular formula is C14H18ClN. The molecule has 1 nitrogen and oxygen atoms in total. The zero-order chi connectivity index (χ0) is 11.0. The Labute approximate surface area is 102 Å². The van der Waals surface area contributed by atoms with E-state index in [4.69, 9.17) is 11.6 Å². The van der Waals surface area contributed by atoms with Crippen molar-refractivity contribution in [3.05, 3.63) is 34.9 Å².